The fraction of sp³-hybridized carbons (Fsp3) is 0.250. The maximum atomic E-state index is 11.5. The highest BCUT2D eigenvalue weighted by Crippen LogP contribution is 2.37. The van der Waals surface area contributed by atoms with E-state index in [1.54, 1.807) is 12.1 Å². The first-order valence-electron chi connectivity index (χ1n) is 8.75. The Labute approximate surface area is 161 Å². The Hall–Kier alpha value is -2.86. The van der Waals surface area contributed by atoms with E-state index in [1.807, 2.05) is 29.2 Å². The van der Waals surface area contributed by atoms with E-state index in [0.717, 1.165) is 40.8 Å². The molecule has 1 fully saturated rings. The highest BCUT2D eigenvalue weighted by atomic mass is 35.5. The van der Waals surface area contributed by atoms with Gasteiger partial charge in [-0.25, -0.2) is 9.97 Å². The molecule has 4 rings (SSSR count). The van der Waals surface area contributed by atoms with Crippen LogP contribution < -0.4 is 4.90 Å². The van der Waals surface area contributed by atoms with E-state index in [-0.39, 0.29) is 10.8 Å². The van der Waals surface area contributed by atoms with E-state index < -0.39 is 11.9 Å². The standard InChI is InChI=1S/C20H18ClN3O3/c21-15-7-6-12(9-17(15)25)14-4-1-5-16-18(14)19(23-11-22-16)24-8-2-3-13(10-24)20(26)27/h1,4-7,9,11,13,25H,2-3,8,10H2,(H,26,27). The van der Waals surface area contributed by atoms with Gasteiger partial charge in [-0.2, -0.15) is 0 Å². The number of hydrogen-bond acceptors (Lipinski definition) is 5. The van der Waals surface area contributed by atoms with Crippen molar-refractivity contribution in [1.29, 1.82) is 0 Å². The number of piperidine rings is 1. The molecular weight excluding hydrogens is 366 g/mol. The molecule has 7 heteroatoms. The number of carboxylic acids is 1. The molecule has 0 bridgehead atoms. The van der Waals surface area contributed by atoms with Crippen LogP contribution in [0.5, 0.6) is 5.75 Å². The third-order valence-electron chi connectivity index (χ3n) is 4.97. The zero-order chi connectivity index (χ0) is 19.0. The van der Waals surface area contributed by atoms with Crippen LogP contribution in [0, 0.1) is 5.92 Å². The number of carboxylic acid groups (broad SMARTS) is 1. The molecule has 2 N–H and O–H groups in total. The summed E-state index contributed by atoms with van der Waals surface area (Å²) in [5.41, 5.74) is 2.43. The van der Waals surface area contributed by atoms with E-state index in [1.165, 1.54) is 6.33 Å². The van der Waals surface area contributed by atoms with Crippen LogP contribution in [0.3, 0.4) is 0 Å². The number of anilines is 1. The van der Waals surface area contributed by atoms with Crippen molar-refractivity contribution in [1.82, 2.24) is 9.97 Å². The summed E-state index contributed by atoms with van der Waals surface area (Å²) in [6.45, 7) is 1.16. The molecule has 6 nitrogen and oxygen atoms in total. The van der Waals surface area contributed by atoms with Crippen molar-refractivity contribution >= 4 is 34.3 Å². The van der Waals surface area contributed by atoms with Gasteiger partial charge >= 0.3 is 5.97 Å². The fourth-order valence-electron chi connectivity index (χ4n) is 3.62. The molecule has 1 aliphatic heterocycles. The largest absolute Gasteiger partial charge is 0.506 e. The van der Waals surface area contributed by atoms with Gasteiger partial charge in [-0.1, -0.05) is 29.8 Å². The van der Waals surface area contributed by atoms with Gasteiger partial charge in [-0.15, -0.1) is 0 Å². The fourth-order valence-corrected chi connectivity index (χ4v) is 3.74. The predicted molar refractivity (Wildman–Crippen MR) is 104 cm³/mol. The van der Waals surface area contributed by atoms with Crippen molar-refractivity contribution in [2.75, 3.05) is 18.0 Å². The highest BCUT2D eigenvalue weighted by Gasteiger charge is 2.27. The summed E-state index contributed by atoms with van der Waals surface area (Å²) in [6.07, 6.45) is 2.98. The van der Waals surface area contributed by atoms with Crippen LogP contribution in [0.2, 0.25) is 5.02 Å². The van der Waals surface area contributed by atoms with Crippen molar-refractivity contribution < 1.29 is 15.0 Å². The summed E-state index contributed by atoms with van der Waals surface area (Å²) in [6, 6.07) is 10.8. The monoisotopic (exact) mass is 383 g/mol. The Kier molecular flexibility index (Phi) is 4.58. The number of fused-ring (bicyclic) bond motifs is 1. The van der Waals surface area contributed by atoms with Crippen molar-refractivity contribution in [3.05, 3.63) is 47.7 Å². The number of hydrogen-bond donors (Lipinski definition) is 2. The van der Waals surface area contributed by atoms with E-state index in [9.17, 15) is 15.0 Å². The van der Waals surface area contributed by atoms with Crippen molar-refractivity contribution in [3.63, 3.8) is 0 Å². The topological polar surface area (TPSA) is 86.5 Å². The molecule has 1 saturated heterocycles. The Bertz CT molecular complexity index is 1020. The molecule has 0 aliphatic carbocycles. The number of halogens is 1. The molecule has 1 atom stereocenters. The van der Waals surface area contributed by atoms with Crippen LogP contribution in [-0.2, 0) is 4.79 Å². The van der Waals surface area contributed by atoms with Crippen molar-refractivity contribution in [2.45, 2.75) is 12.8 Å². The minimum atomic E-state index is -0.777. The summed E-state index contributed by atoms with van der Waals surface area (Å²) in [5.74, 6) is -0.458. The molecule has 138 valence electrons. The molecule has 0 amide bonds. The van der Waals surface area contributed by atoms with Crippen molar-refractivity contribution in [2.24, 2.45) is 5.92 Å². The number of rotatable bonds is 3. The molecule has 0 saturated carbocycles. The van der Waals surface area contributed by atoms with Gasteiger partial charge in [0.2, 0.25) is 0 Å². The zero-order valence-corrected chi connectivity index (χ0v) is 15.2. The molecule has 3 aromatic rings. The predicted octanol–water partition coefficient (Wildman–Crippen LogP) is 3.96. The molecule has 2 heterocycles. The van der Waals surface area contributed by atoms with E-state index in [0.29, 0.717) is 13.0 Å². The average Bonchev–Trinajstić information content (AvgIpc) is 2.69. The smallest absolute Gasteiger partial charge is 0.308 e. The van der Waals surface area contributed by atoms with Gasteiger partial charge in [0.15, 0.2) is 0 Å². The van der Waals surface area contributed by atoms with Crippen LogP contribution in [-0.4, -0.2) is 39.2 Å². The van der Waals surface area contributed by atoms with E-state index in [4.69, 9.17) is 11.6 Å². The number of nitrogens with zero attached hydrogens (tertiary/aromatic N) is 3. The first kappa shape index (κ1) is 17.5. The van der Waals surface area contributed by atoms with E-state index in [2.05, 4.69) is 9.97 Å². The van der Waals surface area contributed by atoms with Gasteiger partial charge in [0.25, 0.3) is 0 Å². The quantitative estimate of drug-likeness (QED) is 0.712. The second kappa shape index (κ2) is 7.04. The number of phenolic OH excluding ortho intramolecular Hbond substituents is 1. The Balaban J connectivity index is 1.87. The first-order valence-corrected chi connectivity index (χ1v) is 9.13. The number of phenols is 1. The van der Waals surface area contributed by atoms with Crippen LogP contribution in [0.25, 0.3) is 22.0 Å². The number of benzene rings is 2. The molecule has 0 radical (unpaired) electrons. The lowest BCUT2D eigenvalue weighted by molar-refractivity contribution is -0.141. The Morgan fingerprint density at radius 2 is 2.07 bits per heavy atom. The molecule has 0 spiro atoms. The summed E-state index contributed by atoms with van der Waals surface area (Å²) >= 11 is 5.95. The van der Waals surface area contributed by atoms with Crippen molar-refractivity contribution in [3.8, 4) is 16.9 Å². The summed E-state index contributed by atoms with van der Waals surface area (Å²) in [4.78, 5) is 22.3. The Morgan fingerprint density at radius 1 is 1.22 bits per heavy atom. The second-order valence-electron chi connectivity index (χ2n) is 6.69. The minimum Gasteiger partial charge on any atom is -0.506 e. The molecule has 2 aromatic carbocycles. The van der Waals surface area contributed by atoms with Crippen LogP contribution >= 0.6 is 11.6 Å². The maximum Gasteiger partial charge on any atom is 0.308 e. The molecule has 1 aromatic heterocycles. The zero-order valence-electron chi connectivity index (χ0n) is 14.5. The lowest BCUT2D eigenvalue weighted by atomic mass is 9.96. The summed E-state index contributed by atoms with van der Waals surface area (Å²) in [7, 11) is 0. The number of aliphatic carboxylic acids is 1. The third-order valence-corrected chi connectivity index (χ3v) is 5.29. The lowest BCUT2D eigenvalue weighted by Crippen LogP contribution is -2.39. The lowest BCUT2D eigenvalue weighted by Gasteiger charge is -2.32. The molecule has 1 aliphatic rings. The van der Waals surface area contributed by atoms with Crippen LogP contribution in [0.4, 0.5) is 5.82 Å². The van der Waals surface area contributed by atoms with Gasteiger partial charge in [0.1, 0.15) is 17.9 Å². The highest BCUT2D eigenvalue weighted by molar-refractivity contribution is 6.32. The summed E-state index contributed by atoms with van der Waals surface area (Å²) < 4.78 is 0. The van der Waals surface area contributed by atoms with Gasteiger partial charge in [-0.3, -0.25) is 4.79 Å². The third kappa shape index (κ3) is 3.28. The van der Waals surface area contributed by atoms with Gasteiger partial charge in [-0.05, 0) is 42.2 Å². The SMILES string of the molecule is O=C(O)C1CCCN(c2ncnc3cccc(-c4ccc(Cl)c(O)c4)c23)C1. The van der Waals surface area contributed by atoms with E-state index >= 15 is 0 Å². The first-order chi connectivity index (χ1) is 13.0. The van der Waals surface area contributed by atoms with Crippen LogP contribution in [0.1, 0.15) is 12.8 Å². The number of aromatic nitrogens is 2. The molecular formula is C20H18ClN3O3. The number of carbonyl (C=O) groups is 1. The molecule has 27 heavy (non-hydrogen) atoms. The van der Waals surface area contributed by atoms with Crippen LogP contribution in [0.15, 0.2) is 42.7 Å². The molecule has 1 unspecified atom stereocenters. The normalized spacial score (nSPS) is 17.2. The van der Waals surface area contributed by atoms with Gasteiger partial charge in [0, 0.05) is 13.1 Å². The minimum absolute atomic E-state index is 0.00785. The number of aromatic hydroxyl groups is 1. The Morgan fingerprint density at radius 3 is 2.85 bits per heavy atom. The van der Waals surface area contributed by atoms with Gasteiger partial charge in [0.05, 0.1) is 21.8 Å². The second-order valence-corrected chi connectivity index (χ2v) is 7.09. The average molecular weight is 384 g/mol. The van der Waals surface area contributed by atoms with Gasteiger partial charge < -0.3 is 15.1 Å². The maximum absolute atomic E-state index is 11.5. The summed E-state index contributed by atoms with van der Waals surface area (Å²) in [5, 5.41) is 20.5.